The van der Waals surface area contributed by atoms with Crippen molar-refractivity contribution in [1.29, 1.82) is 0 Å². The second kappa shape index (κ2) is 6.01. The van der Waals surface area contributed by atoms with Gasteiger partial charge < -0.3 is 4.90 Å². The van der Waals surface area contributed by atoms with E-state index in [1.807, 2.05) is 6.92 Å². The lowest BCUT2D eigenvalue weighted by Gasteiger charge is -2.26. The third-order valence-corrected chi connectivity index (χ3v) is 3.08. The van der Waals surface area contributed by atoms with Crippen molar-refractivity contribution in [3.8, 4) is 0 Å². The van der Waals surface area contributed by atoms with Crippen molar-refractivity contribution in [3.63, 3.8) is 0 Å². The van der Waals surface area contributed by atoms with Crippen LogP contribution in [0, 0.1) is 5.92 Å². The Morgan fingerprint density at radius 3 is 2.65 bits per heavy atom. The van der Waals surface area contributed by atoms with E-state index in [9.17, 15) is 4.79 Å². The van der Waals surface area contributed by atoms with Gasteiger partial charge in [0.2, 0.25) is 0 Å². The molecular weight excluding hydrogens is 236 g/mol. The highest BCUT2D eigenvalue weighted by Crippen LogP contribution is 2.17. The standard InChI is InChI=1S/C13H19ClN2O/c1-9(2)8-10(3)16(4)13(17)11-6-5-7-15-12(11)14/h5-7,9-10H,8H2,1-4H3. The molecule has 1 amide bonds. The monoisotopic (exact) mass is 254 g/mol. The maximum atomic E-state index is 12.2. The van der Waals surface area contributed by atoms with E-state index in [2.05, 4.69) is 18.8 Å². The molecule has 17 heavy (non-hydrogen) atoms. The number of rotatable bonds is 4. The summed E-state index contributed by atoms with van der Waals surface area (Å²) in [6.07, 6.45) is 2.55. The average Bonchev–Trinajstić information content (AvgIpc) is 2.27. The molecule has 0 saturated heterocycles. The summed E-state index contributed by atoms with van der Waals surface area (Å²) < 4.78 is 0. The fourth-order valence-electron chi connectivity index (χ4n) is 1.78. The molecule has 1 aromatic heterocycles. The molecular formula is C13H19ClN2O. The van der Waals surface area contributed by atoms with E-state index in [1.165, 1.54) is 0 Å². The van der Waals surface area contributed by atoms with Crippen LogP contribution in [0.2, 0.25) is 5.15 Å². The molecule has 0 bridgehead atoms. The number of amides is 1. The molecule has 0 aliphatic carbocycles. The molecule has 0 fully saturated rings. The van der Waals surface area contributed by atoms with Gasteiger partial charge in [-0.2, -0.15) is 0 Å². The third-order valence-electron chi connectivity index (χ3n) is 2.78. The second-order valence-corrected chi connectivity index (χ2v) is 5.09. The Morgan fingerprint density at radius 2 is 2.12 bits per heavy atom. The van der Waals surface area contributed by atoms with Crippen LogP contribution in [-0.4, -0.2) is 28.9 Å². The van der Waals surface area contributed by atoms with Gasteiger partial charge in [-0.15, -0.1) is 0 Å². The summed E-state index contributed by atoms with van der Waals surface area (Å²) in [6, 6.07) is 3.62. The minimum absolute atomic E-state index is 0.0729. The van der Waals surface area contributed by atoms with Crippen LogP contribution in [-0.2, 0) is 0 Å². The molecule has 3 nitrogen and oxygen atoms in total. The summed E-state index contributed by atoms with van der Waals surface area (Å²) in [5.41, 5.74) is 0.465. The van der Waals surface area contributed by atoms with Crippen molar-refractivity contribution in [2.24, 2.45) is 5.92 Å². The molecule has 0 spiro atoms. The summed E-state index contributed by atoms with van der Waals surface area (Å²) >= 11 is 5.91. The maximum Gasteiger partial charge on any atom is 0.256 e. The van der Waals surface area contributed by atoms with Gasteiger partial charge in [0.1, 0.15) is 5.15 Å². The Labute approximate surface area is 108 Å². The molecule has 94 valence electrons. The van der Waals surface area contributed by atoms with E-state index in [-0.39, 0.29) is 17.1 Å². The Balaban J connectivity index is 2.80. The van der Waals surface area contributed by atoms with Crippen LogP contribution in [0.5, 0.6) is 0 Å². The molecule has 1 heterocycles. The van der Waals surface area contributed by atoms with Gasteiger partial charge in [-0.1, -0.05) is 25.4 Å². The molecule has 0 N–H and O–H groups in total. The Kier molecular flexibility index (Phi) is 4.94. The van der Waals surface area contributed by atoms with Crippen molar-refractivity contribution in [1.82, 2.24) is 9.88 Å². The summed E-state index contributed by atoms with van der Waals surface area (Å²) in [5, 5.41) is 0.265. The quantitative estimate of drug-likeness (QED) is 0.773. The minimum atomic E-state index is -0.0729. The highest BCUT2D eigenvalue weighted by Gasteiger charge is 2.20. The SMILES string of the molecule is CC(C)CC(C)N(C)C(=O)c1cccnc1Cl. The van der Waals surface area contributed by atoms with Crippen LogP contribution in [0.3, 0.4) is 0 Å². The lowest BCUT2D eigenvalue weighted by molar-refractivity contribution is 0.0728. The highest BCUT2D eigenvalue weighted by molar-refractivity contribution is 6.32. The van der Waals surface area contributed by atoms with Gasteiger partial charge in [0.05, 0.1) is 5.56 Å². The van der Waals surface area contributed by atoms with Gasteiger partial charge >= 0.3 is 0 Å². The normalized spacial score (nSPS) is 12.6. The fraction of sp³-hybridized carbons (Fsp3) is 0.538. The van der Waals surface area contributed by atoms with E-state index >= 15 is 0 Å². The maximum absolute atomic E-state index is 12.2. The summed E-state index contributed by atoms with van der Waals surface area (Å²) in [4.78, 5) is 17.8. The molecule has 0 aliphatic heterocycles. The molecule has 1 atom stereocenters. The van der Waals surface area contributed by atoms with Crippen molar-refractivity contribution in [2.75, 3.05) is 7.05 Å². The van der Waals surface area contributed by atoms with Crippen LogP contribution < -0.4 is 0 Å². The van der Waals surface area contributed by atoms with Gasteiger partial charge in [0.15, 0.2) is 0 Å². The average molecular weight is 255 g/mol. The van der Waals surface area contributed by atoms with Crippen LogP contribution >= 0.6 is 11.6 Å². The lowest BCUT2D eigenvalue weighted by Crippen LogP contribution is -2.36. The molecule has 0 aliphatic rings. The van der Waals surface area contributed by atoms with E-state index < -0.39 is 0 Å². The third kappa shape index (κ3) is 3.70. The van der Waals surface area contributed by atoms with Crippen LogP contribution in [0.4, 0.5) is 0 Å². The number of carbonyl (C=O) groups is 1. The zero-order valence-corrected chi connectivity index (χ0v) is 11.5. The van der Waals surface area contributed by atoms with Crippen molar-refractivity contribution in [2.45, 2.75) is 33.2 Å². The topological polar surface area (TPSA) is 33.2 Å². The van der Waals surface area contributed by atoms with Gasteiger partial charge in [0, 0.05) is 19.3 Å². The van der Waals surface area contributed by atoms with Crippen molar-refractivity contribution < 1.29 is 4.79 Å². The molecule has 0 aromatic carbocycles. The van der Waals surface area contributed by atoms with Gasteiger partial charge in [0.25, 0.3) is 5.91 Å². The first-order valence-electron chi connectivity index (χ1n) is 5.81. The number of nitrogens with zero attached hydrogens (tertiary/aromatic N) is 2. The predicted molar refractivity (Wildman–Crippen MR) is 70.3 cm³/mol. The summed E-state index contributed by atoms with van der Waals surface area (Å²) in [5.74, 6) is 0.487. The largest absolute Gasteiger partial charge is 0.339 e. The van der Waals surface area contributed by atoms with Crippen LogP contribution in [0.15, 0.2) is 18.3 Å². The Hall–Kier alpha value is -1.09. The molecule has 0 saturated carbocycles. The Morgan fingerprint density at radius 1 is 1.47 bits per heavy atom. The molecule has 1 aromatic rings. The number of pyridine rings is 1. The Bertz CT molecular complexity index is 393. The number of halogens is 1. The van der Waals surface area contributed by atoms with Gasteiger partial charge in [-0.25, -0.2) is 4.98 Å². The molecule has 1 unspecified atom stereocenters. The number of hydrogen-bond acceptors (Lipinski definition) is 2. The van der Waals surface area contributed by atoms with E-state index in [0.717, 1.165) is 6.42 Å². The molecule has 4 heteroatoms. The van der Waals surface area contributed by atoms with Crippen molar-refractivity contribution in [3.05, 3.63) is 29.0 Å². The van der Waals surface area contributed by atoms with Crippen LogP contribution in [0.1, 0.15) is 37.6 Å². The second-order valence-electron chi connectivity index (χ2n) is 4.74. The fourth-order valence-corrected chi connectivity index (χ4v) is 1.98. The first-order valence-corrected chi connectivity index (χ1v) is 6.19. The first kappa shape index (κ1) is 14.0. The first-order chi connectivity index (χ1) is 7.93. The molecule has 0 radical (unpaired) electrons. The van der Waals surface area contributed by atoms with Crippen molar-refractivity contribution >= 4 is 17.5 Å². The number of carbonyl (C=O) groups excluding carboxylic acids is 1. The molecule has 1 rings (SSSR count). The smallest absolute Gasteiger partial charge is 0.256 e. The zero-order chi connectivity index (χ0) is 13.0. The summed E-state index contributed by atoms with van der Waals surface area (Å²) in [7, 11) is 1.80. The van der Waals surface area contributed by atoms with E-state index in [4.69, 9.17) is 11.6 Å². The van der Waals surface area contributed by atoms with Crippen LogP contribution in [0.25, 0.3) is 0 Å². The van der Waals surface area contributed by atoms with Gasteiger partial charge in [-0.05, 0) is 31.4 Å². The number of aromatic nitrogens is 1. The van der Waals surface area contributed by atoms with E-state index in [1.54, 1.807) is 30.3 Å². The minimum Gasteiger partial charge on any atom is -0.339 e. The lowest BCUT2D eigenvalue weighted by atomic mass is 10.0. The summed E-state index contributed by atoms with van der Waals surface area (Å²) in [6.45, 7) is 6.33. The zero-order valence-electron chi connectivity index (χ0n) is 10.8. The highest BCUT2D eigenvalue weighted by atomic mass is 35.5. The predicted octanol–water partition coefficient (Wildman–Crippen LogP) is 3.24. The van der Waals surface area contributed by atoms with Gasteiger partial charge in [-0.3, -0.25) is 4.79 Å². The van der Waals surface area contributed by atoms with E-state index in [0.29, 0.717) is 11.5 Å². The number of hydrogen-bond donors (Lipinski definition) is 0.